The van der Waals surface area contributed by atoms with Crippen LogP contribution in [0.5, 0.6) is 69.0 Å². The van der Waals surface area contributed by atoms with Crippen LogP contribution in [0.2, 0.25) is 0 Å². The smallest absolute Gasteiger partial charge is 0.153 e. The van der Waals surface area contributed by atoms with Gasteiger partial charge in [-0.25, -0.2) is 0 Å². The number of carbonyl (C=O) groups is 4. The van der Waals surface area contributed by atoms with Gasteiger partial charge in [-0.3, -0.25) is 19.2 Å². The molecule has 0 heterocycles. The van der Waals surface area contributed by atoms with E-state index in [2.05, 4.69) is 0 Å². The molecule has 0 radical (unpaired) electrons. The Hall–Kier alpha value is -9.60. The highest BCUT2D eigenvalue weighted by Gasteiger charge is 2.21. The number of benzene rings is 8. The zero-order valence-electron chi connectivity index (χ0n) is 47.0. The standard InChI is InChI=1S/C65H64O20/c1-74-62-23-52(15-7-42(62)28-66)80-34-46(70)32-78-50-13-5-40-11-19-60(84-38-48(72)36-82-54-17-9-44(30-68)64(25-54)76-3)58(56(40)21-50)27-59-57-22-51(79-33-47(71)35-81-53-16-8-43(29-67)63(24-53)75-2)14-6-41(57)12-20-61(59)85-39-49(73)37-83-55-18-10-45(31-69)65(26-55)77-4/h5-26,28-31,46-49,70-73H,27,32-39H2,1-4H3. The Morgan fingerprint density at radius 2 is 0.541 bits per heavy atom. The maximum Gasteiger partial charge on any atom is 0.153 e. The molecule has 8 aromatic carbocycles. The van der Waals surface area contributed by atoms with Crippen LogP contribution < -0.4 is 56.8 Å². The molecule has 0 aromatic heterocycles. The Kier molecular flexibility index (Phi) is 21.8. The average Bonchev–Trinajstić information content (AvgIpc) is 2.11. The van der Waals surface area contributed by atoms with Gasteiger partial charge in [0.1, 0.15) is 146 Å². The third-order valence-corrected chi connectivity index (χ3v) is 13.3. The van der Waals surface area contributed by atoms with Gasteiger partial charge in [-0.1, -0.05) is 24.3 Å². The fourth-order valence-corrected chi connectivity index (χ4v) is 8.91. The number of hydrogen-bond acceptors (Lipinski definition) is 20. The van der Waals surface area contributed by atoms with Crippen molar-refractivity contribution in [1.29, 1.82) is 0 Å². The maximum atomic E-state index is 11.5. The number of aldehydes is 4. The van der Waals surface area contributed by atoms with Crippen molar-refractivity contribution in [3.8, 4) is 69.0 Å². The SMILES string of the molecule is COc1cc(OCC(O)COc2ccc3ccc(OCC(O)COc4ccc(C=O)c(OC)c4)c(Cc4c(OCC(O)COc5ccc(C=O)c(OC)c5)ccc5ccc(OCC(O)COc6ccc(C=O)c(OC)c6)cc45)c3c2)ccc1C=O. The van der Waals surface area contributed by atoms with Crippen LogP contribution in [0.3, 0.4) is 0 Å². The summed E-state index contributed by atoms with van der Waals surface area (Å²) in [4.78, 5) is 45.9. The number of aliphatic hydroxyl groups is 4. The molecule has 0 aliphatic carbocycles. The van der Waals surface area contributed by atoms with Crippen molar-refractivity contribution in [2.75, 3.05) is 81.3 Å². The molecular formula is C65H64O20. The molecule has 444 valence electrons. The van der Waals surface area contributed by atoms with Crippen molar-refractivity contribution in [3.05, 3.63) is 167 Å². The number of methoxy groups -OCH3 is 4. The van der Waals surface area contributed by atoms with Crippen molar-refractivity contribution < 1.29 is 96.4 Å². The molecule has 0 saturated carbocycles. The molecule has 0 aliphatic heterocycles. The minimum atomic E-state index is -1.15. The minimum absolute atomic E-state index is 0.100. The average molecular weight is 1170 g/mol. The normalized spacial score (nSPS) is 12.4. The van der Waals surface area contributed by atoms with Crippen LogP contribution in [-0.2, 0) is 6.42 Å². The van der Waals surface area contributed by atoms with Crippen LogP contribution in [0.4, 0.5) is 0 Å². The third-order valence-electron chi connectivity index (χ3n) is 13.3. The van der Waals surface area contributed by atoms with Crippen LogP contribution in [0, 0.1) is 0 Å². The van der Waals surface area contributed by atoms with E-state index in [1.165, 1.54) is 28.4 Å². The van der Waals surface area contributed by atoms with Gasteiger partial charge in [-0.2, -0.15) is 0 Å². The highest BCUT2D eigenvalue weighted by atomic mass is 16.5. The Bertz CT molecular complexity index is 3340. The van der Waals surface area contributed by atoms with Gasteiger partial charge in [0.15, 0.2) is 25.1 Å². The summed E-state index contributed by atoms with van der Waals surface area (Å²) in [5.74, 6) is 4.22. The highest BCUT2D eigenvalue weighted by molar-refractivity contribution is 5.93. The molecule has 4 N–H and O–H groups in total. The molecule has 4 unspecified atom stereocenters. The van der Waals surface area contributed by atoms with E-state index in [0.29, 0.717) is 138 Å². The van der Waals surface area contributed by atoms with E-state index in [1.54, 1.807) is 109 Å². The van der Waals surface area contributed by atoms with Gasteiger partial charge in [0.05, 0.1) is 50.7 Å². The van der Waals surface area contributed by atoms with Gasteiger partial charge in [0.2, 0.25) is 0 Å². The van der Waals surface area contributed by atoms with Crippen molar-refractivity contribution in [2.45, 2.75) is 30.8 Å². The Morgan fingerprint density at radius 1 is 0.306 bits per heavy atom. The fraction of sp³-hybridized carbons (Fsp3) is 0.262. The molecule has 20 heteroatoms. The summed E-state index contributed by atoms with van der Waals surface area (Å²) in [5.41, 5.74) is 2.59. The van der Waals surface area contributed by atoms with Gasteiger partial charge in [-0.15, -0.1) is 0 Å². The Balaban J connectivity index is 1.10. The van der Waals surface area contributed by atoms with Gasteiger partial charge < -0.3 is 77.3 Å². The van der Waals surface area contributed by atoms with Gasteiger partial charge in [-0.05, 0) is 106 Å². The van der Waals surface area contributed by atoms with Crippen molar-refractivity contribution in [2.24, 2.45) is 0 Å². The largest absolute Gasteiger partial charge is 0.496 e. The quantitative estimate of drug-likeness (QED) is 0.0277. The van der Waals surface area contributed by atoms with E-state index in [4.69, 9.17) is 56.8 Å². The van der Waals surface area contributed by atoms with Crippen molar-refractivity contribution in [3.63, 3.8) is 0 Å². The van der Waals surface area contributed by atoms with Crippen LogP contribution in [0.15, 0.2) is 133 Å². The molecule has 0 fully saturated rings. The number of fused-ring (bicyclic) bond motifs is 2. The summed E-state index contributed by atoms with van der Waals surface area (Å²) in [6.07, 6.45) is -1.72. The van der Waals surface area contributed by atoms with Crippen LogP contribution in [0.25, 0.3) is 21.5 Å². The molecule has 4 atom stereocenters. The second kappa shape index (κ2) is 30.1. The van der Waals surface area contributed by atoms with E-state index in [1.807, 2.05) is 24.3 Å². The molecule has 0 bridgehead atoms. The molecule has 0 spiro atoms. The third kappa shape index (κ3) is 16.4. The molecule has 0 amide bonds. The summed E-state index contributed by atoms with van der Waals surface area (Å²) in [6.45, 7) is -1.48. The Morgan fingerprint density at radius 3 is 0.800 bits per heavy atom. The molecule has 8 aromatic rings. The van der Waals surface area contributed by atoms with Gasteiger partial charge >= 0.3 is 0 Å². The lowest BCUT2D eigenvalue weighted by Gasteiger charge is -2.21. The monoisotopic (exact) mass is 1160 g/mol. The van der Waals surface area contributed by atoms with Crippen molar-refractivity contribution >= 4 is 46.7 Å². The first-order chi connectivity index (χ1) is 41.3. The number of rotatable bonds is 34. The highest BCUT2D eigenvalue weighted by Crippen LogP contribution is 2.39. The predicted octanol–water partition coefficient (Wildman–Crippen LogP) is 8.14. The Labute approximate surface area is 489 Å². The lowest BCUT2D eigenvalue weighted by atomic mass is 9.93. The molecule has 0 saturated heterocycles. The summed E-state index contributed by atoms with van der Waals surface area (Å²) < 4.78 is 69.9. The summed E-state index contributed by atoms with van der Waals surface area (Å²) in [7, 11) is 5.74. The first-order valence-corrected chi connectivity index (χ1v) is 26.7. The van der Waals surface area contributed by atoms with Crippen LogP contribution in [-0.4, -0.2) is 151 Å². The molecule has 20 nitrogen and oxygen atoms in total. The summed E-state index contributed by atoms with van der Waals surface area (Å²) >= 11 is 0. The topological polar surface area (TPSA) is 260 Å². The maximum absolute atomic E-state index is 11.5. The second-order valence-corrected chi connectivity index (χ2v) is 19.2. The van der Waals surface area contributed by atoms with Crippen LogP contribution >= 0.6 is 0 Å². The van der Waals surface area contributed by atoms with E-state index in [9.17, 15) is 39.6 Å². The first kappa shape index (κ1) is 61.5. The lowest BCUT2D eigenvalue weighted by Crippen LogP contribution is -2.25. The molecule has 85 heavy (non-hydrogen) atoms. The molecule has 0 aliphatic rings. The van der Waals surface area contributed by atoms with E-state index in [0.717, 1.165) is 10.8 Å². The zero-order valence-corrected chi connectivity index (χ0v) is 47.0. The van der Waals surface area contributed by atoms with E-state index in [-0.39, 0.29) is 59.3 Å². The van der Waals surface area contributed by atoms with Crippen LogP contribution in [0.1, 0.15) is 52.6 Å². The number of aliphatic hydroxyl groups excluding tert-OH is 4. The number of hydrogen-bond donors (Lipinski definition) is 4. The van der Waals surface area contributed by atoms with Crippen molar-refractivity contribution in [1.82, 2.24) is 0 Å². The number of carbonyl (C=O) groups excluding carboxylic acids is 4. The van der Waals surface area contributed by atoms with E-state index < -0.39 is 24.4 Å². The van der Waals surface area contributed by atoms with Gasteiger partial charge in [0.25, 0.3) is 0 Å². The number of ether oxygens (including phenoxy) is 12. The molecular weight excluding hydrogens is 1100 g/mol. The van der Waals surface area contributed by atoms with E-state index >= 15 is 0 Å². The minimum Gasteiger partial charge on any atom is -0.496 e. The molecule has 8 rings (SSSR count). The predicted molar refractivity (Wildman–Crippen MR) is 312 cm³/mol. The first-order valence-electron chi connectivity index (χ1n) is 26.7. The second-order valence-electron chi connectivity index (χ2n) is 19.2. The zero-order chi connectivity index (χ0) is 60.2. The lowest BCUT2D eigenvalue weighted by molar-refractivity contribution is 0.0619. The summed E-state index contributed by atoms with van der Waals surface area (Å²) in [5, 5.41) is 47.6. The summed E-state index contributed by atoms with van der Waals surface area (Å²) in [6, 6.07) is 36.8. The fourth-order valence-electron chi connectivity index (χ4n) is 8.91. The van der Waals surface area contributed by atoms with Gasteiger partial charge in [0, 0.05) is 41.8 Å².